The molecule has 2 heterocycles. The number of hydrogen-bond acceptors (Lipinski definition) is 3. The van der Waals surface area contributed by atoms with Crippen LogP contribution in [0.25, 0.3) is 0 Å². The van der Waals surface area contributed by atoms with E-state index in [0.29, 0.717) is 24.2 Å². The van der Waals surface area contributed by atoms with Gasteiger partial charge in [-0.1, -0.05) is 6.42 Å². The number of nitrogens with two attached hydrogens (primary N) is 1. The molecular weight excluding hydrogens is 335 g/mol. The molecule has 0 aromatic carbocycles. The zero-order chi connectivity index (χ0) is 14.7. The lowest BCUT2D eigenvalue weighted by Gasteiger charge is -2.33. The number of rotatable bonds is 4. The van der Waals surface area contributed by atoms with Gasteiger partial charge >= 0.3 is 0 Å². The number of nitrogens with zero attached hydrogens (tertiary/aromatic N) is 3. The first kappa shape index (κ1) is 20.3. The molecular formula is C16H28Cl2N4O. The minimum Gasteiger partial charge on any atom is -0.343 e. The number of carbonyl (C=O) groups excluding carboxylic acids is 1. The van der Waals surface area contributed by atoms with Gasteiger partial charge in [0.25, 0.3) is 0 Å². The molecule has 23 heavy (non-hydrogen) atoms. The van der Waals surface area contributed by atoms with Gasteiger partial charge < -0.3 is 10.6 Å². The maximum atomic E-state index is 12.4. The molecule has 0 bridgehead atoms. The van der Waals surface area contributed by atoms with E-state index in [-0.39, 0.29) is 30.9 Å². The molecule has 1 saturated carbocycles. The lowest BCUT2D eigenvalue weighted by Crippen LogP contribution is -2.41. The molecule has 132 valence electrons. The Kier molecular flexibility index (Phi) is 8.37. The molecule has 3 rings (SSSR count). The van der Waals surface area contributed by atoms with Crippen molar-refractivity contribution in [2.24, 2.45) is 17.6 Å². The number of amides is 1. The summed E-state index contributed by atoms with van der Waals surface area (Å²) >= 11 is 0. The number of aromatic nitrogens is 2. The quantitative estimate of drug-likeness (QED) is 0.894. The van der Waals surface area contributed by atoms with Crippen LogP contribution in [-0.4, -0.2) is 39.7 Å². The molecule has 2 aliphatic rings. The number of halogens is 2. The SMILES string of the molecule is Cl.Cl.N[C@@H]1CCC[C@H]1CC(=O)N1CCC(Cn2cccn2)CC1. The molecule has 0 spiro atoms. The highest BCUT2D eigenvalue weighted by Gasteiger charge is 2.29. The van der Waals surface area contributed by atoms with Gasteiger partial charge in [0, 0.05) is 44.5 Å². The first-order valence-corrected chi connectivity index (χ1v) is 8.23. The summed E-state index contributed by atoms with van der Waals surface area (Å²) in [5, 5.41) is 4.26. The average Bonchev–Trinajstić information content (AvgIpc) is 3.12. The first-order chi connectivity index (χ1) is 10.2. The third-order valence-corrected chi connectivity index (χ3v) is 5.13. The molecule has 2 atom stereocenters. The average molecular weight is 363 g/mol. The molecule has 0 unspecified atom stereocenters. The van der Waals surface area contributed by atoms with Crippen LogP contribution in [0.1, 0.15) is 38.5 Å². The minimum absolute atomic E-state index is 0. The largest absolute Gasteiger partial charge is 0.343 e. The van der Waals surface area contributed by atoms with Crippen LogP contribution in [0.3, 0.4) is 0 Å². The van der Waals surface area contributed by atoms with Crippen molar-refractivity contribution in [3.8, 4) is 0 Å². The Morgan fingerprint density at radius 3 is 2.48 bits per heavy atom. The van der Waals surface area contributed by atoms with Gasteiger partial charge in [0.1, 0.15) is 0 Å². The minimum atomic E-state index is 0. The lowest BCUT2D eigenvalue weighted by molar-refractivity contribution is -0.133. The standard InChI is InChI=1S/C16H26N4O.2ClH/c17-15-4-1-3-14(15)11-16(21)19-9-5-13(6-10-19)12-20-8-2-7-18-20;;/h2,7-8,13-15H,1,3-6,9-12,17H2;2*1H/t14-,15+;;/m0../s1. The fourth-order valence-electron chi connectivity index (χ4n) is 3.71. The van der Waals surface area contributed by atoms with Crippen molar-refractivity contribution >= 4 is 30.7 Å². The van der Waals surface area contributed by atoms with Crippen molar-refractivity contribution in [1.82, 2.24) is 14.7 Å². The predicted octanol–water partition coefficient (Wildman–Crippen LogP) is 2.48. The smallest absolute Gasteiger partial charge is 0.222 e. The van der Waals surface area contributed by atoms with Crippen molar-refractivity contribution in [2.75, 3.05) is 13.1 Å². The summed E-state index contributed by atoms with van der Waals surface area (Å²) in [6, 6.07) is 2.20. The van der Waals surface area contributed by atoms with Gasteiger partial charge in [0.15, 0.2) is 0 Å². The van der Waals surface area contributed by atoms with Gasteiger partial charge in [-0.15, -0.1) is 24.8 Å². The van der Waals surface area contributed by atoms with Crippen LogP contribution >= 0.6 is 24.8 Å². The van der Waals surface area contributed by atoms with E-state index in [4.69, 9.17) is 5.73 Å². The highest BCUT2D eigenvalue weighted by atomic mass is 35.5. The summed E-state index contributed by atoms with van der Waals surface area (Å²) in [5.74, 6) is 1.37. The second-order valence-corrected chi connectivity index (χ2v) is 6.61. The molecule has 1 aromatic rings. The van der Waals surface area contributed by atoms with Gasteiger partial charge in [0.05, 0.1) is 0 Å². The molecule has 2 fully saturated rings. The predicted molar refractivity (Wildman–Crippen MR) is 96.0 cm³/mol. The van der Waals surface area contributed by atoms with E-state index >= 15 is 0 Å². The fourth-order valence-corrected chi connectivity index (χ4v) is 3.71. The number of piperidine rings is 1. The third-order valence-electron chi connectivity index (χ3n) is 5.13. The van der Waals surface area contributed by atoms with Crippen molar-refractivity contribution in [3.05, 3.63) is 18.5 Å². The number of hydrogen-bond donors (Lipinski definition) is 1. The zero-order valence-corrected chi connectivity index (χ0v) is 15.1. The summed E-state index contributed by atoms with van der Waals surface area (Å²) in [6.45, 7) is 2.77. The summed E-state index contributed by atoms with van der Waals surface area (Å²) < 4.78 is 2.00. The highest BCUT2D eigenvalue weighted by molar-refractivity contribution is 5.85. The Hall–Kier alpha value is -0.780. The molecule has 1 amide bonds. The van der Waals surface area contributed by atoms with Gasteiger partial charge in [-0.2, -0.15) is 5.10 Å². The summed E-state index contributed by atoms with van der Waals surface area (Å²) in [4.78, 5) is 14.4. The molecule has 5 nitrogen and oxygen atoms in total. The van der Waals surface area contributed by atoms with E-state index < -0.39 is 0 Å². The van der Waals surface area contributed by atoms with Crippen LogP contribution in [-0.2, 0) is 11.3 Å². The Morgan fingerprint density at radius 2 is 1.91 bits per heavy atom. The van der Waals surface area contributed by atoms with E-state index in [2.05, 4.69) is 5.10 Å². The molecule has 2 N–H and O–H groups in total. The number of likely N-dealkylation sites (tertiary alicyclic amines) is 1. The van der Waals surface area contributed by atoms with Crippen molar-refractivity contribution < 1.29 is 4.79 Å². The Bertz CT molecular complexity index is 461. The second-order valence-electron chi connectivity index (χ2n) is 6.61. The van der Waals surface area contributed by atoms with Crippen molar-refractivity contribution in [2.45, 2.75) is 51.1 Å². The Morgan fingerprint density at radius 1 is 1.17 bits per heavy atom. The van der Waals surface area contributed by atoms with Gasteiger partial charge in [-0.05, 0) is 43.6 Å². The summed E-state index contributed by atoms with van der Waals surface area (Å²) in [7, 11) is 0. The fraction of sp³-hybridized carbons (Fsp3) is 0.750. The van der Waals surface area contributed by atoms with Crippen molar-refractivity contribution in [3.63, 3.8) is 0 Å². The third kappa shape index (κ3) is 5.37. The lowest BCUT2D eigenvalue weighted by atomic mass is 9.95. The molecule has 1 aromatic heterocycles. The van der Waals surface area contributed by atoms with E-state index in [1.165, 1.54) is 6.42 Å². The molecule has 0 radical (unpaired) electrons. The van der Waals surface area contributed by atoms with Gasteiger partial charge in [0.2, 0.25) is 5.91 Å². The van der Waals surface area contributed by atoms with Crippen molar-refractivity contribution in [1.29, 1.82) is 0 Å². The monoisotopic (exact) mass is 362 g/mol. The van der Waals surface area contributed by atoms with E-state index in [9.17, 15) is 4.79 Å². The van der Waals surface area contributed by atoms with Crippen LogP contribution in [0.4, 0.5) is 0 Å². The summed E-state index contributed by atoms with van der Waals surface area (Å²) in [5.41, 5.74) is 6.07. The molecule has 1 saturated heterocycles. The first-order valence-electron chi connectivity index (χ1n) is 8.23. The zero-order valence-electron chi connectivity index (χ0n) is 13.5. The summed E-state index contributed by atoms with van der Waals surface area (Å²) in [6.07, 6.45) is 10.1. The normalized spacial score (nSPS) is 24.8. The molecule has 1 aliphatic carbocycles. The topological polar surface area (TPSA) is 64.2 Å². The van der Waals surface area contributed by atoms with E-state index in [1.54, 1.807) is 0 Å². The number of carbonyl (C=O) groups is 1. The van der Waals surface area contributed by atoms with Crippen LogP contribution < -0.4 is 5.73 Å². The van der Waals surface area contributed by atoms with Gasteiger partial charge in [-0.3, -0.25) is 9.48 Å². The maximum absolute atomic E-state index is 12.4. The van der Waals surface area contributed by atoms with Crippen LogP contribution in [0.5, 0.6) is 0 Å². The van der Waals surface area contributed by atoms with Crippen LogP contribution in [0.2, 0.25) is 0 Å². The van der Waals surface area contributed by atoms with Crippen LogP contribution in [0, 0.1) is 11.8 Å². The van der Waals surface area contributed by atoms with E-state index in [0.717, 1.165) is 45.3 Å². The second kappa shape index (κ2) is 9.50. The Labute approximate surface area is 150 Å². The van der Waals surface area contributed by atoms with Crippen LogP contribution in [0.15, 0.2) is 18.5 Å². The highest BCUT2D eigenvalue weighted by Crippen LogP contribution is 2.28. The van der Waals surface area contributed by atoms with Gasteiger partial charge in [-0.25, -0.2) is 0 Å². The molecule has 7 heteroatoms. The Balaban J connectivity index is 0.00000132. The molecule has 1 aliphatic heterocycles. The maximum Gasteiger partial charge on any atom is 0.222 e. The van der Waals surface area contributed by atoms with E-state index in [1.807, 2.05) is 28.0 Å².